The van der Waals surface area contributed by atoms with E-state index in [2.05, 4.69) is 15.3 Å². The Balaban J connectivity index is 1.93. The van der Waals surface area contributed by atoms with Gasteiger partial charge in [0, 0.05) is 35.5 Å². The lowest BCUT2D eigenvalue weighted by atomic mass is 10.0. The molecule has 0 spiro atoms. The SMILES string of the molecule is Nc1cccc(-c2cnc(N)c(C(=O)Nc3ccncc3)c2)c1. The lowest BCUT2D eigenvalue weighted by molar-refractivity contribution is 0.102. The van der Waals surface area contributed by atoms with Gasteiger partial charge >= 0.3 is 0 Å². The molecule has 3 rings (SSSR count). The molecule has 23 heavy (non-hydrogen) atoms. The fourth-order valence-electron chi connectivity index (χ4n) is 2.17. The number of nitrogen functional groups attached to an aromatic ring is 2. The number of nitrogens with zero attached hydrogens (tertiary/aromatic N) is 2. The summed E-state index contributed by atoms with van der Waals surface area (Å²) in [7, 11) is 0. The van der Waals surface area contributed by atoms with Gasteiger partial charge in [-0.05, 0) is 35.9 Å². The molecule has 0 bridgehead atoms. The van der Waals surface area contributed by atoms with Crippen LogP contribution in [0.4, 0.5) is 17.2 Å². The highest BCUT2D eigenvalue weighted by molar-refractivity contribution is 6.07. The van der Waals surface area contributed by atoms with Crippen molar-refractivity contribution in [1.29, 1.82) is 0 Å². The van der Waals surface area contributed by atoms with E-state index in [1.54, 1.807) is 42.9 Å². The van der Waals surface area contributed by atoms with Crippen LogP contribution in [-0.4, -0.2) is 15.9 Å². The summed E-state index contributed by atoms with van der Waals surface area (Å²) >= 11 is 0. The maximum absolute atomic E-state index is 12.4. The first-order valence-electron chi connectivity index (χ1n) is 6.96. The minimum absolute atomic E-state index is 0.171. The molecule has 0 saturated heterocycles. The number of rotatable bonds is 3. The van der Waals surface area contributed by atoms with Crippen LogP contribution in [0.1, 0.15) is 10.4 Å². The molecule has 5 N–H and O–H groups in total. The summed E-state index contributed by atoms with van der Waals surface area (Å²) in [5.41, 5.74) is 14.9. The number of anilines is 3. The zero-order chi connectivity index (χ0) is 16.2. The second-order valence-corrected chi connectivity index (χ2v) is 4.97. The molecule has 0 radical (unpaired) electrons. The van der Waals surface area contributed by atoms with Crippen molar-refractivity contribution in [3.8, 4) is 11.1 Å². The smallest absolute Gasteiger partial charge is 0.259 e. The van der Waals surface area contributed by atoms with Gasteiger partial charge in [0.2, 0.25) is 0 Å². The third-order valence-corrected chi connectivity index (χ3v) is 3.32. The van der Waals surface area contributed by atoms with Crippen molar-refractivity contribution in [3.63, 3.8) is 0 Å². The molecule has 6 nitrogen and oxygen atoms in total. The van der Waals surface area contributed by atoms with Crippen molar-refractivity contribution >= 4 is 23.1 Å². The van der Waals surface area contributed by atoms with Crippen molar-refractivity contribution in [2.24, 2.45) is 0 Å². The minimum Gasteiger partial charge on any atom is -0.399 e. The largest absolute Gasteiger partial charge is 0.399 e. The van der Waals surface area contributed by atoms with Gasteiger partial charge in [-0.15, -0.1) is 0 Å². The van der Waals surface area contributed by atoms with E-state index in [0.29, 0.717) is 16.9 Å². The maximum atomic E-state index is 12.4. The number of nitrogens with two attached hydrogens (primary N) is 2. The van der Waals surface area contributed by atoms with Crippen molar-refractivity contribution in [1.82, 2.24) is 9.97 Å². The number of carbonyl (C=O) groups excluding carboxylic acids is 1. The molecule has 0 saturated carbocycles. The first-order valence-corrected chi connectivity index (χ1v) is 6.96. The first-order chi connectivity index (χ1) is 11.1. The summed E-state index contributed by atoms with van der Waals surface area (Å²) in [6.07, 6.45) is 4.81. The van der Waals surface area contributed by atoms with Gasteiger partial charge in [0.15, 0.2) is 0 Å². The normalized spacial score (nSPS) is 10.3. The van der Waals surface area contributed by atoms with E-state index in [1.807, 2.05) is 18.2 Å². The van der Waals surface area contributed by atoms with Gasteiger partial charge in [0.1, 0.15) is 5.82 Å². The van der Waals surface area contributed by atoms with E-state index in [9.17, 15) is 4.79 Å². The van der Waals surface area contributed by atoms with Gasteiger partial charge in [0.05, 0.1) is 5.56 Å². The first kappa shape index (κ1) is 14.5. The molecule has 1 aromatic carbocycles. The van der Waals surface area contributed by atoms with E-state index in [4.69, 9.17) is 11.5 Å². The molecule has 0 aliphatic rings. The summed E-state index contributed by atoms with van der Waals surface area (Å²) in [4.78, 5) is 20.4. The number of benzene rings is 1. The number of nitrogens with one attached hydrogen (secondary N) is 1. The van der Waals surface area contributed by atoms with Crippen LogP contribution in [0.15, 0.2) is 61.1 Å². The molecule has 0 unspecified atom stereocenters. The molecule has 2 aromatic heterocycles. The van der Waals surface area contributed by atoms with Crippen LogP contribution in [0.3, 0.4) is 0 Å². The van der Waals surface area contributed by atoms with Crippen molar-refractivity contribution < 1.29 is 4.79 Å². The fourth-order valence-corrected chi connectivity index (χ4v) is 2.17. The zero-order valence-electron chi connectivity index (χ0n) is 12.2. The maximum Gasteiger partial charge on any atom is 0.259 e. The monoisotopic (exact) mass is 305 g/mol. The molecule has 6 heteroatoms. The summed E-state index contributed by atoms with van der Waals surface area (Å²) in [5.74, 6) is -0.156. The molecular formula is C17H15N5O. The number of hydrogen-bond acceptors (Lipinski definition) is 5. The number of hydrogen-bond donors (Lipinski definition) is 3. The second-order valence-electron chi connectivity index (χ2n) is 4.97. The summed E-state index contributed by atoms with van der Waals surface area (Å²) < 4.78 is 0. The van der Waals surface area contributed by atoms with Gasteiger partial charge in [-0.2, -0.15) is 0 Å². The van der Waals surface area contributed by atoms with Gasteiger partial charge < -0.3 is 16.8 Å². The minimum atomic E-state index is -0.327. The molecule has 2 heterocycles. The summed E-state index contributed by atoms with van der Waals surface area (Å²) in [6.45, 7) is 0. The van der Waals surface area contributed by atoms with Gasteiger partial charge in [-0.1, -0.05) is 12.1 Å². The number of aromatic nitrogens is 2. The molecule has 1 amide bonds. The molecule has 0 fully saturated rings. The van der Waals surface area contributed by atoms with Crippen LogP contribution in [0, 0.1) is 0 Å². The van der Waals surface area contributed by atoms with Crippen molar-refractivity contribution in [2.75, 3.05) is 16.8 Å². The van der Waals surface area contributed by atoms with E-state index in [1.165, 1.54) is 0 Å². The van der Waals surface area contributed by atoms with E-state index in [0.717, 1.165) is 11.1 Å². The van der Waals surface area contributed by atoms with Crippen LogP contribution in [0.2, 0.25) is 0 Å². The molecule has 0 aliphatic carbocycles. The van der Waals surface area contributed by atoms with Crippen LogP contribution in [0.25, 0.3) is 11.1 Å². The van der Waals surface area contributed by atoms with Gasteiger partial charge in [-0.25, -0.2) is 4.98 Å². The highest BCUT2D eigenvalue weighted by Crippen LogP contribution is 2.24. The lowest BCUT2D eigenvalue weighted by Gasteiger charge is -2.09. The lowest BCUT2D eigenvalue weighted by Crippen LogP contribution is -2.15. The Hall–Kier alpha value is -3.41. The Morgan fingerprint density at radius 3 is 2.52 bits per heavy atom. The third-order valence-electron chi connectivity index (χ3n) is 3.32. The van der Waals surface area contributed by atoms with E-state index >= 15 is 0 Å². The van der Waals surface area contributed by atoms with E-state index in [-0.39, 0.29) is 11.7 Å². The number of amides is 1. The Labute approximate surface area is 133 Å². The van der Waals surface area contributed by atoms with Gasteiger partial charge in [0.25, 0.3) is 5.91 Å². The Bertz CT molecular complexity index is 849. The molecule has 114 valence electrons. The Morgan fingerprint density at radius 1 is 1.00 bits per heavy atom. The summed E-state index contributed by atoms with van der Waals surface area (Å²) in [5, 5.41) is 2.77. The van der Waals surface area contributed by atoms with Crippen LogP contribution in [0.5, 0.6) is 0 Å². The summed E-state index contributed by atoms with van der Waals surface area (Å²) in [6, 6.07) is 12.5. The number of carbonyl (C=O) groups is 1. The number of pyridine rings is 2. The van der Waals surface area contributed by atoms with Gasteiger partial charge in [-0.3, -0.25) is 9.78 Å². The fraction of sp³-hybridized carbons (Fsp3) is 0. The zero-order valence-corrected chi connectivity index (χ0v) is 12.2. The average molecular weight is 305 g/mol. The Kier molecular flexibility index (Phi) is 3.88. The molecule has 3 aromatic rings. The quantitative estimate of drug-likeness (QED) is 0.645. The van der Waals surface area contributed by atoms with Crippen molar-refractivity contribution in [2.45, 2.75) is 0 Å². The van der Waals surface area contributed by atoms with E-state index < -0.39 is 0 Å². The van der Waals surface area contributed by atoms with Crippen LogP contribution in [-0.2, 0) is 0 Å². The molecular weight excluding hydrogens is 290 g/mol. The van der Waals surface area contributed by atoms with Crippen LogP contribution >= 0.6 is 0 Å². The second kappa shape index (κ2) is 6.15. The third kappa shape index (κ3) is 3.26. The standard InChI is InChI=1S/C17H15N5O/c18-13-3-1-2-11(8-13)12-9-15(16(19)21-10-12)17(23)22-14-4-6-20-7-5-14/h1-10H,18H2,(H2,19,21)(H,20,22,23). The molecule has 0 aliphatic heterocycles. The highest BCUT2D eigenvalue weighted by Gasteiger charge is 2.13. The predicted molar refractivity (Wildman–Crippen MR) is 90.7 cm³/mol. The Morgan fingerprint density at radius 2 is 1.78 bits per heavy atom. The predicted octanol–water partition coefficient (Wildman–Crippen LogP) is 2.56. The topological polar surface area (TPSA) is 107 Å². The molecule has 0 atom stereocenters. The average Bonchev–Trinajstić information content (AvgIpc) is 2.56. The van der Waals surface area contributed by atoms with Crippen molar-refractivity contribution in [3.05, 3.63) is 66.6 Å². The van der Waals surface area contributed by atoms with Crippen LogP contribution < -0.4 is 16.8 Å². The highest BCUT2D eigenvalue weighted by atomic mass is 16.1.